The molecule has 0 aromatic heterocycles. The number of carbonyl (C=O) groups is 3. The maximum absolute atomic E-state index is 12.5. The highest BCUT2D eigenvalue weighted by Crippen LogP contribution is 2.22. The summed E-state index contributed by atoms with van der Waals surface area (Å²) in [6.07, 6.45) is -15.7. The van der Waals surface area contributed by atoms with Crippen LogP contribution in [0.2, 0.25) is 0 Å². The number of nitrogens with one attached hydrogen (secondary N) is 3. The monoisotopic (exact) mass is 1120 g/mol. The lowest BCUT2D eigenvalue weighted by Crippen LogP contribution is -2.59. The molecule has 0 saturated carbocycles. The molecule has 0 aliphatic carbocycles. The first-order chi connectivity index (χ1) is 36.5. The summed E-state index contributed by atoms with van der Waals surface area (Å²) in [5, 5.41) is 103. The van der Waals surface area contributed by atoms with Crippen LogP contribution in [0.15, 0.2) is 0 Å². The Hall–Kier alpha value is -2.55. The Morgan fingerprint density at radius 1 is 0.513 bits per heavy atom. The van der Waals surface area contributed by atoms with Crippen molar-refractivity contribution in [3.8, 4) is 0 Å². The van der Waals surface area contributed by atoms with Gasteiger partial charge >= 0.3 is 0 Å². The van der Waals surface area contributed by atoms with E-state index >= 15 is 0 Å². The molecule has 1 aliphatic rings. The molecule has 30 heteroatoms. The average molecular weight is 1120 g/mol. The van der Waals surface area contributed by atoms with Gasteiger partial charge in [0.25, 0.3) is 0 Å². The van der Waals surface area contributed by atoms with Crippen LogP contribution in [0, 0.1) is 5.41 Å². The lowest BCUT2D eigenvalue weighted by Gasteiger charge is -2.39. The van der Waals surface area contributed by atoms with Gasteiger partial charge in [0.15, 0.2) is 12.6 Å². The van der Waals surface area contributed by atoms with E-state index in [-0.39, 0.29) is 195 Å². The van der Waals surface area contributed by atoms with E-state index in [2.05, 4.69) is 16.0 Å². The van der Waals surface area contributed by atoms with Gasteiger partial charge in [-0.2, -0.15) is 0 Å². The van der Waals surface area contributed by atoms with Crippen molar-refractivity contribution in [1.82, 2.24) is 16.0 Å². The third-order valence-electron chi connectivity index (χ3n) is 10.6. The van der Waals surface area contributed by atoms with E-state index < -0.39 is 79.9 Å². The van der Waals surface area contributed by atoms with Crippen LogP contribution in [0.25, 0.3) is 0 Å². The zero-order valence-electron chi connectivity index (χ0n) is 44.1. The topological polar surface area (TPSA) is 419 Å². The third kappa shape index (κ3) is 35.1. The van der Waals surface area contributed by atoms with Gasteiger partial charge in [0, 0.05) is 51.4 Å². The molecule has 1 heterocycles. The van der Waals surface area contributed by atoms with E-state index in [0.717, 1.165) is 0 Å². The van der Waals surface area contributed by atoms with Crippen LogP contribution in [-0.4, -0.2) is 309 Å². The van der Waals surface area contributed by atoms with Gasteiger partial charge in [-0.3, -0.25) is 14.4 Å². The molecule has 1 aliphatic heterocycles. The molecule has 450 valence electrons. The number of hydrogen-bond donors (Lipinski definition) is 13. The van der Waals surface area contributed by atoms with Gasteiger partial charge in [0.05, 0.1) is 151 Å². The maximum atomic E-state index is 12.5. The fourth-order valence-electron chi connectivity index (χ4n) is 6.31. The molecular formula is C46H89N3O27. The number of aliphatic hydroxyl groups is 10. The normalized spacial score (nSPS) is 20.7. The fourth-order valence-corrected chi connectivity index (χ4v) is 6.31. The van der Waals surface area contributed by atoms with E-state index in [4.69, 9.17) is 81.6 Å². The summed E-state index contributed by atoms with van der Waals surface area (Å²) in [6, 6.07) is 0. The second-order valence-corrected chi connectivity index (χ2v) is 17.4. The Bertz CT molecular complexity index is 1430. The highest BCUT2D eigenvalue weighted by molar-refractivity contribution is 5.76. The highest BCUT2D eigenvalue weighted by Gasteiger charge is 2.44. The summed E-state index contributed by atoms with van der Waals surface area (Å²) < 4.78 is 75.7. The molecule has 1 rings (SSSR count). The molecule has 13 N–H and O–H groups in total. The molecule has 76 heavy (non-hydrogen) atoms. The van der Waals surface area contributed by atoms with Gasteiger partial charge in [-0.05, 0) is 6.92 Å². The fraction of sp³-hybridized carbons (Fsp3) is 0.935. The molecule has 0 radical (unpaired) electrons. The molecule has 0 spiro atoms. The van der Waals surface area contributed by atoms with Crippen LogP contribution in [0.4, 0.5) is 0 Å². The zero-order valence-corrected chi connectivity index (χ0v) is 44.1. The lowest BCUT2D eigenvalue weighted by atomic mass is 9.94. The van der Waals surface area contributed by atoms with Gasteiger partial charge in [0.1, 0.15) is 36.6 Å². The van der Waals surface area contributed by atoms with E-state index in [1.54, 1.807) is 0 Å². The standard InChI is InChI=1S/C46H89N3O27/c1-32(51)37(55)40(58)44(63-3)74-26-23-68-20-17-65-14-8-48-35(53)5-11-71-30-46(2,29-70-10-4-34(52)47-7-13-64-16-19-67-22-25-73-43(62)42(60)61)31-72-12-6-36(54)49-9-15-66-18-21-69-24-27-75-45-41(59)39(57)38(56)33(28-50)76-45/h32-33,37-45,50-51,55-62H,4-31H2,1-3H3,(H,47,52)(H,48,53)(H,49,54). The van der Waals surface area contributed by atoms with E-state index in [1.165, 1.54) is 14.0 Å². The summed E-state index contributed by atoms with van der Waals surface area (Å²) in [7, 11) is 1.29. The number of hydrogen-bond acceptors (Lipinski definition) is 27. The van der Waals surface area contributed by atoms with Gasteiger partial charge < -0.3 is 133 Å². The molecule has 0 bridgehead atoms. The number of methoxy groups -OCH3 is 1. The van der Waals surface area contributed by atoms with Crippen molar-refractivity contribution in [3.05, 3.63) is 0 Å². The molecular weight excluding hydrogens is 1030 g/mol. The minimum atomic E-state index is -2.01. The second kappa shape index (κ2) is 45.2. The Balaban J connectivity index is 2.36. The van der Waals surface area contributed by atoms with Crippen molar-refractivity contribution in [2.45, 2.75) is 101 Å². The van der Waals surface area contributed by atoms with Gasteiger partial charge in [-0.25, -0.2) is 0 Å². The van der Waals surface area contributed by atoms with Gasteiger partial charge in [-0.1, -0.05) is 6.92 Å². The third-order valence-corrected chi connectivity index (χ3v) is 10.6. The summed E-state index contributed by atoms with van der Waals surface area (Å²) in [4.78, 5) is 37.3. The molecule has 0 aromatic rings. The molecule has 3 amide bonds. The molecule has 1 fully saturated rings. The van der Waals surface area contributed by atoms with Crippen molar-refractivity contribution in [1.29, 1.82) is 0 Å². The SMILES string of the molecule is COC(OCCOCCOCCNC(=O)CCOCC(C)(COCCC(=O)NCCOCCOCCOC(O)C(O)O)COCCC(=O)NCCOCCOCCOC1OC(CO)C(O)C(O)C1O)C(O)C(O)C(C)O. The van der Waals surface area contributed by atoms with Crippen LogP contribution in [0.3, 0.4) is 0 Å². The van der Waals surface area contributed by atoms with Crippen LogP contribution in [0.1, 0.15) is 33.1 Å². The van der Waals surface area contributed by atoms with Crippen molar-refractivity contribution in [2.75, 3.05) is 172 Å². The number of rotatable bonds is 51. The van der Waals surface area contributed by atoms with Crippen molar-refractivity contribution in [2.24, 2.45) is 5.41 Å². The van der Waals surface area contributed by atoms with Crippen molar-refractivity contribution >= 4 is 17.7 Å². The van der Waals surface area contributed by atoms with E-state index in [9.17, 15) is 50.1 Å². The quantitative estimate of drug-likeness (QED) is 0.0199. The maximum Gasteiger partial charge on any atom is 0.222 e. The Kier molecular flexibility index (Phi) is 42.5. The first-order valence-corrected chi connectivity index (χ1v) is 25.2. The number of ether oxygens (including phenoxy) is 14. The van der Waals surface area contributed by atoms with Crippen molar-refractivity contribution < 1.29 is 132 Å². The van der Waals surface area contributed by atoms with Crippen LogP contribution < -0.4 is 16.0 Å². The van der Waals surface area contributed by atoms with Crippen LogP contribution in [-0.2, 0) is 80.7 Å². The number of amides is 3. The minimum absolute atomic E-state index is 0.00393. The van der Waals surface area contributed by atoms with E-state index in [0.29, 0.717) is 0 Å². The van der Waals surface area contributed by atoms with Crippen molar-refractivity contribution in [3.63, 3.8) is 0 Å². The van der Waals surface area contributed by atoms with Crippen LogP contribution in [0.5, 0.6) is 0 Å². The molecule has 1 saturated heterocycles. The predicted octanol–water partition coefficient (Wildman–Crippen LogP) is -6.79. The average Bonchev–Trinajstić information content (AvgIpc) is 3.39. The summed E-state index contributed by atoms with van der Waals surface area (Å²) in [6.45, 7) is 6.27. The van der Waals surface area contributed by atoms with Gasteiger partial charge in [0.2, 0.25) is 30.3 Å². The summed E-state index contributed by atoms with van der Waals surface area (Å²) >= 11 is 0. The molecule has 11 atom stereocenters. The predicted molar refractivity (Wildman–Crippen MR) is 259 cm³/mol. The number of carbonyl (C=O) groups excluding carboxylic acids is 3. The second-order valence-electron chi connectivity index (χ2n) is 17.4. The minimum Gasteiger partial charge on any atom is -0.394 e. The highest BCUT2D eigenvalue weighted by atomic mass is 16.7. The first-order valence-electron chi connectivity index (χ1n) is 25.2. The van der Waals surface area contributed by atoms with E-state index in [1.807, 2.05) is 6.92 Å². The van der Waals surface area contributed by atoms with Gasteiger partial charge in [-0.15, -0.1) is 0 Å². The Labute approximate surface area is 443 Å². The molecule has 0 aromatic carbocycles. The molecule has 11 unspecified atom stereocenters. The Morgan fingerprint density at radius 2 is 0.908 bits per heavy atom. The lowest BCUT2D eigenvalue weighted by molar-refractivity contribution is -0.302. The summed E-state index contributed by atoms with van der Waals surface area (Å²) in [5.41, 5.74) is -0.733. The van der Waals surface area contributed by atoms with Crippen LogP contribution >= 0.6 is 0 Å². The number of aliphatic hydroxyl groups excluding tert-OH is 9. The zero-order chi connectivity index (χ0) is 56.4. The first kappa shape index (κ1) is 71.5. The smallest absolute Gasteiger partial charge is 0.222 e. The largest absolute Gasteiger partial charge is 0.394 e. The summed E-state index contributed by atoms with van der Waals surface area (Å²) in [5.74, 6) is -0.805. The Morgan fingerprint density at radius 3 is 1.30 bits per heavy atom. The molecule has 30 nitrogen and oxygen atoms in total.